The lowest BCUT2D eigenvalue weighted by Gasteiger charge is -2.34. The first-order valence-electron chi connectivity index (χ1n) is 11.6. The van der Waals surface area contributed by atoms with Gasteiger partial charge >= 0.3 is 0 Å². The number of nitrogens with one attached hydrogen (secondary N) is 1. The van der Waals surface area contributed by atoms with Gasteiger partial charge in [0.2, 0.25) is 11.7 Å². The van der Waals surface area contributed by atoms with Crippen LogP contribution in [0.3, 0.4) is 0 Å². The molecule has 0 radical (unpaired) electrons. The monoisotopic (exact) mass is 490 g/mol. The van der Waals surface area contributed by atoms with Gasteiger partial charge in [0.05, 0.1) is 21.3 Å². The Morgan fingerprint density at radius 3 is 2.22 bits per heavy atom. The Bertz CT molecular complexity index is 1200. The van der Waals surface area contributed by atoms with Crippen LogP contribution in [0.15, 0.2) is 48.7 Å². The molecule has 188 valence electrons. The molecule has 1 N–H and O–H groups in total. The van der Waals surface area contributed by atoms with Crippen LogP contribution in [0.5, 0.6) is 17.2 Å². The molecule has 0 aliphatic carbocycles. The van der Waals surface area contributed by atoms with Crippen molar-refractivity contribution in [2.45, 2.75) is 6.92 Å². The van der Waals surface area contributed by atoms with Crippen molar-refractivity contribution in [3.8, 4) is 17.2 Å². The molecule has 2 aromatic heterocycles. The fourth-order valence-electron chi connectivity index (χ4n) is 3.92. The van der Waals surface area contributed by atoms with Gasteiger partial charge in [-0.15, -0.1) is 10.2 Å². The first kappa shape index (κ1) is 24.8. The molecule has 0 saturated carbocycles. The van der Waals surface area contributed by atoms with E-state index >= 15 is 0 Å². The number of aryl methyl sites for hydroxylation is 1. The van der Waals surface area contributed by atoms with Crippen LogP contribution in [0, 0.1) is 6.92 Å². The summed E-state index contributed by atoms with van der Waals surface area (Å²) in [6, 6.07) is 11.3. The molecule has 1 aromatic carbocycles. The van der Waals surface area contributed by atoms with Crippen molar-refractivity contribution in [3.05, 3.63) is 59.8 Å². The van der Waals surface area contributed by atoms with Crippen molar-refractivity contribution in [1.29, 1.82) is 0 Å². The zero-order chi connectivity index (χ0) is 25.5. The van der Waals surface area contributed by atoms with Crippen LogP contribution in [-0.2, 0) is 4.79 Å². The Labute approximate surface area is 210 Å². The molecule has 1 aliphatic rings. The molecule has 36 heavy (non-hydrogen) atoms. The number of benzene rings is 1. The molecule has 0 spiro atoms. The minimum absolute atomic E-state index is 0.0558. The minimum Gasteiger partial charge on any atom is -0.493 e. The molecule has 0 atom stereocenters. The molecule has 1 aliphatic heterocycles. The number of hydrogen-bond acceptors (Lipinski definition) is 9. The molecule has 3 aromatic rings. The fourth-order valence-corrected chi connectivity index (χ4v) is 3.92. The van der Waals surface area contributed by atoms with Crippen molar-refractivity contribution in [3.63, 3.8) is 0 Å². The summed E-state index contributed by atoms with van der Waals surface area (Å²) >= 11 is 0. The van der Waals surface area contributed by atoms with Crippen molar-refractivity contribution >= 4 is 29.4 Å². The first-order valence-corrected chi connectivity index (χ1v) is 11.6. The van der Waals surface area contributed by atoms with E-state index < -0.39 is 0 Å². The second-order valence-corrected chi connectivity index (χ2v) is 8.22. The SMILES string of the molecule is COc1cc(/C=C/C(=O)N2CCN(c3ccc(Nc4cc(C)ccn4)nn3)CC2)cc(OC)c1OC. The van der Waals surface area contributed by atoms with E-state index in [4.69, 9.17) is 14.2 Å². The largest absolute Gasteiger partial charge is 0.493 e. The number of rotatable bonds is 8. The van der Waals surface area contributed by atoms with Gasteiger partial charge in [-0.3, -0.25) is 4.79 Å². The van der Waals surface area contributed by atoms with E-state index in [0.717, 1.165) is 22.8 Å². The van der Waals surface area contributed by atoms with Crippen LogP contribution >= 0.6 is 0 Å². The summed E-state index contributed by atoms with van der Waals surface area (Å²) in [6.07, 6.45) is 5.07. The Balaban J connectivity index is 1.33. The number of pyridine rings is 1. The van der Waals surface area contributed by atoms with Crippen LogP contribution in [0.4, 0.5) is 17.5 Å². The van der Waals surface area contributed by atoms with Crippen LogP contribution in [0.1, 0.15) is 11.1 Å². The maximum absolute atomic E-state index is 12.8. The van der Waals surface area contributed by atoms with Crippen molar-refractivity contribution in [2.24, 2.45) is 0 Å². The molecular weight excluding hydrogens is 460 g/mol. The number of carbonyl (C=O) groups is 1. The van der Waals surface area contributed by atoms with Gasteiger partial charge in [-0.05, 0) is 60.5 Å². The quantitative estimate of drug-likeness (QED) is 0.477. The van der Waals surface area contributed by atoms with Gasteiger partial charge in [-0.25, -0.2) is 4.98 Å². The molecule has 0 unspecified atom stereocenters. The number of methoxy groups -OCH3 is 3. The number of anilines is 3. The summed E-state index contributed by atoms with van der Waals surface area (Å²) in [7, 11) is 4.68. The molecule has 3 heterocycles. The van der Waals surface area contributed by atoms with Gasteiger partial charge in [0.15, 0.2) is 23.1 Å². The van der Waals surface area contributed by atoms with Crippen LogP contribution in [0.25, 0.3) is 6.08 Å². The van der Waals surface area contributed by atoms with Gasteiger partial charge in [0.1, 0.15) is 5.82 Å². The van der Waals surface area contributed by atoms with Gasteiger partial charge in [0.25, 0.3) is 0 Å². The van der Waals surface area contributed by atoms with Gasteiger partial charge < -0.3 is 29.3 Å². The average molecular weight is 491 g/mol. The highest BCUT2D eigenvalue weighted by Gasteiger charge is 2.21. The lowest BCUT2D eigenvalue weighted by Crippen LogP contribution is -2.48. The van der Waals surface area contributed by atoms with E-state index in [9.17, 15) is 4.79 Å². The predicted octanol–water partition coefficient (Wildman–Crippen LogP) is 3.31. The van der Waals surface area contributed by atoms with E-state index in [0.29, 0.717) is 49.2 Å². The fraction of sp³-hybridized carbons (Fsp3) is 0.308. The van der Waals surface area contributed by atoms with E-state index in [1.165, 1.54) is 0 Å². The summed E-state index contributed by atoms with van der Waals surface area (Å²) in [4.78, 5) is 21.0. The lowest BCUT2D eigenvalue weighted by atomic mass is 10.1. The molecular formula is C26H30N6O4. The van der Waals surface area contributed by atoms with Crippen LogP contribution in [-0.4, -0.2) is 73.5 Å². The number of hydrogen-bond donors (Lipinski definition) is 1. The average Bonchev–Trinajstić information content (AvgIpc) is 2.91. The third kappa shape index (κ3) is 5.83. The molecule has 0 bridgehead atoms. The standard InChI is InChI=1S/C26H30N6O4/c1-18-9-10-27-23(15-18)28-22-6-7-24(30-29-22)31-11-13-32(14-12-31)25(33)8-5-19-16-20(34-2)26(36-4)21(17-19)35-3/h5-10,15-17H,11-14H2,1-4H3,(H,27,28,29)/b8-5+. The molecule has 1 saturated heterocycles. The van der Waals surface area contributed by atoms with Crippen LogP contribution < -0.4 is 24.4 Å². The second-order valence-electron chi connectivity index (χ2n) is 8.22. The van der Waals surface area contributed by atoms with Crippen molar-refractivity contribution in [1.82, 2.24) is 20.1 Å². The highest BCUT2D eigenvalue weighted by Crippen LogP contribution is 2.38. The maximum Gasteiger partial charge on any atom is 0.246 e. The highest BCUT2D eigenvalue weighted by molar-refractivity contribution is 5.92. The van der Waals surface area contributed by atoms with Crippen molar-refractivity contribution in [2.75, 3.05) is 57.7 Å². The zero-order valence-electron chi connectivity index (χ0n) is 20.9. The minimum atomic E-state index is -0.0558. The van der Waals surface area contributed by atoms with Gasteiger partial charge in [0, 0.05) is 38.5 Å². The summed E-state index contributed by atoms with van der Waals surface area (Å²) in [5.41, 5.74) is 1.89. The number of ether oxygens (including phenoxy) is 3. The number of amides is 1. The lowest BCUT2D eigenvalue weighted by molar-refractivity contribution is -0.126. The van der Waals surface area contributed by atoms with Gasteiger partial charge in [-0.2, -0.15) is 0 Å². The first-order chi connectivity index (χ1) is 17.5. The highest BCUT2D eigenvalue weighted by atomic mass is 16.5. The van der Waals surface area contributed by atoms with Crippen molar-refractivity contribution < 1.29 is 19.0 Å². The van der Waals surface area contributed by atoms with Gasteiger partial charge in [-0.1, -0.05) is 0 Å². The predicted molar refractivity (Wildman–Crippen MR) is 138 cm³/mol. The smallest absolute Gasteiger partial charge is 0.246 e. The van der Waals surface area contributed by atoms with E-state index in [2.05, 4.69) is 25.4 Å². The Morgan fingerprint density at radius 2 is 1.64 bits per heavy atom. The number of aromatic nitrogens is 3. The van der Waals surface area contributed by atoms with E-state index in [-0.39, 0.29) is 5.91 Å². The molecule has 1 fully saturated rings. The van der Waals surface area contributed by atoms with E-state index in [1.807, 2.05) is 36.1 Å². The Morgan fingerprint density at radius 1 is 0.917 bits per heavy atom. The van der Waals surface area contributed by atoms with E-state index in [1.54, 1.807) is 51.8 Å². The second kappa shape index (κ2) is 11.4. The number of carbonyl (C=O) groups excluding carboxylic acids is 1. The molecule has 1 amide bonds. The molecule has 10 heteroatoms. The number of nitrogens with zero attached hydrogens (tertiary/aromatic N) is 5. The third-order valence-corrected chi connectivity index (χ3v) is 5.84. The summed E-state index contributed by atoms with van der Waals surface area (Å²) in [6.45, 7) is 4.53. The van der Waals surface area contributed by atoms with Crippen LogP contribution in [0.2, 0.25) is 0 Å². The Kier molecular flexibility index (Phi) is 7.84. The summed E-state index contributed by atoms with van der Waals surface area (Å²) < 4.78 is 16.1. The Hall–Kier alpha value is -4.34. The summed E-state index contributed by atoms with van der Waals surface area (Å²) in [5, 5.41) is 11.8. The molecule has 4 rings (SSSR count). The third-order valence-electron chi connectivity index (χ3n) is 5.84. The number of piperazine rings is 1. The normalized spacial score (nSPS) is 13.6. The summed E-state index contributed by atoms with van der Waals surface area (Å²) in [5.74, 6) is 3.66. The topological polar surface area (TPSA) is 102 Å². The zero-order valence-corrected chi connectivity index (χ0v) is 20.9. The maximum atomic E-state index is 12.8. The molecule has 10 nitrogen and oxygen atoms in total.